The Morgan fingerprint density at radius 3 is 2.60 bits per heavy atom. The topological polar surface area (TPSA) is 84.9 Å². The zero-order valence-corrected chi connectivity index (χ0v) is 11.2. The third kappa shape index (κ3) is 4.20. The van der Waals surface area contributed by atoms with Crippen LogP contribution in [-0.4, -0.2) is 43.9 Å². The molecule has 0 spiro atoms. The summed E-state index contributed by atoms with van der Waals surface area (Å²) >= 11 is 0. The van der Waals surface area contributed by atoms with Crippen LogP contribution in [0.15, 0.2) is 18.2 Å². The van der Waals surface area contributed by atoms with Crippen LogP contribution < -0.4 is 10.1 Å². The molecule has 1 rings (SSSR count). The van der Waals surface area contributed by atoms with Gasteiger partial charge < -0.3 is 19.9 Å². The largest absolute Gasteiger partial charge is 0.497 e. The van der Waals surface area contributed by atoms with E-state index in [0.717, 1.165) is 6.07 Å². The van der Waals surface area contributed by atoms with E-state index in [1.165, 1.54) is 26.4 Å². The van der Waals surface area contributed by atoms with E-state index >= 15 is 0 Å². The van der Waals surface area contributed by atoms with Crippen molar-refractivity contribution in [3.05, 3.63) is 29.6 Å². The number of nitrogens with one attached hydrogen (secondary N) is 1. The van der Waals surface area contributed by atoms with Gasteiger partial charge in [-0.15, -0.1) is 0 Å². The number of carboxylic acid groups (broad SMARTS) is 1. The Hall–Kier alpha value is -2.15. The van der Waals surface area contributed by atoms with Gasteiger partial charge in [0.05, 0.1) is 12.7 Å². The fourth-order valence-corrected chi connectivity index (χ4v) is 1.54. The smallest absolute Gasteiger partial charge is 0.326 e. The van der Waals surface area contributed by atoms with E-state index in [0.29, 0.717) is 0 Å². The fraction of sp³-hybridized carbons (Fsp3) is 0.385. The highest BCUT2D eigenvalue weighted by molar-refractivity contribution is 5.96. The number of hydrogen-bond acceptors (Lipinski definition) is 4. The van der Waals surface area contributed by atoms with Crippen molar-refractivity contribution in [2.24, 2.45) is 0 Å². The number of carbonyl (C=O) groups excluding carboxylic acids is 1. The maximum absolute atomic E-state index is 13.7. The number of carbonyl (C=O) groups is 2. The Balaban J connectivity index is 2.80. The Kier molecular flexibility index (Phi) is 5.92. The summed E-state index contributed by atoms with van der Waals surface area (Å²) in [6.45, 7) is 0.169. The number of hydrogen-bond donors (Lipinski definition) is 2. The average molecular weight is 285 g/mol. The number of amides is 1. The predicted molar refractivity (Wildman–Crippen MR) is 68.3 cm³/mol. The molecule has 0 aromatic heterocycles. The lowest BCUT2D eigenvalue weighted by Crippen LogP contribution is -2.41. The third-order valence-corrected chi connectivity index (χ3v) is 2.63. The van der Waals surface area contributed by atoms with Gasteiger partial charge >= 0.3 is 5.97 Å². The molecule has 0 bridgehead atoms. The number of halogens is 1. The van der Waals surface area contributed by atoms with Crippen molar-refractivity contribution < 1.29 is 28.6 Å². The highest BCUT2D eigenvalue weighted by Crippen LogP contribution is 2.16. The molecule has 0 saturated heterocycles. The van der Waals surface area contributed by atoms with Gasteiger partial charge in [-0.2, -0.15) is 0 Å². The number of rotatable bonds is 7. The van der Waals surface area contributed by atoms with Crippen LogP contribution in [0.25, 0.3) is 0 Å². The van der Waals surface area contributed by atoms with Crippen molar-refractivity contribution in [2.45, 2.75) is 12.5 Å². The summed E-state index contributed by atoms with van der Waals surface area (Å²) < 4.78 is 23.3. The van der Waals surface area contributed by atoms with Crippen molar-refractivity contribution in [1.82, 2.24) is 5.32 Å². The molecule has 0 fully saturated rings. The first-order valence-electron chi connectivity index (χ1n) is 5.85. The van der Waals surface area contributed by atoms with Gasteiger partial charge in [0.25, 0.3) is 5.91 Å². The number of aliphatic carboxylic acids is 1. The second-order valence-corrected chi connectivity index (χ2v) is 3.99. The van der Waals surface area contributed by atoms with Crippen LogP contribution in [0.2, 0.25) is 0 Å². The minimum Gasteiger partial charge on any atom is -0.497 e. The SMILES string of the molecule is COCCC(NC(=O)c1ccc(OC)cc1F)C(=O)O. The molecule has 6 nitrogen and oxygen atoms in total. The second kappa shape index (κ2) is 7.44. The van der Waals surface area contributed by atoms with Gasteiger partial charge in [-0.05, 0) is 12.1 Å². The van der Waals surface area contributed by atoms with Crippen LogP contribution >= 0.6 is 0 Å². The van der Waals surface area contributed by atoms with E-state index in [1.54, 1.807) is 0 Å². The Labute approximate surface area is 115 Å². The predicted octanol–water partition coefficient (Wildman–Crippen LogP) is 1.05. The van der Waals surface area contributed by atoms with Crippen LogP contribution in [0.4, 0.5) is 4.39 Å². The molecule has 0 heterocycles. The van der Waals surface area contributed by atoms with Crippen LogP contribution in [0.1, 0.15) is 16.8 Å². The maximum atomic E-state index is 13.7. The van der Waals surface area contributed by atoms with Gasteiger partial charge in [0, 0.05) is 26.2 Å². The van der Waals surface area contributed by atoms with Gasteiger partial charge in [-0.25, -0.2) is 9.18 Å². The van der Waals surface area contributed by atoms with Gasteiger partial charge in [-0.1, -0.05) is 0 Å². The van der Waals surface area contributed by atoms with Gasteiger partial charge in [0.1, 0.15) is 17.6 Å². The average Bonchev–Trinajstić information content (AvgIpc) is 2.42. The van der Waals surface area contributed by atoms with E-state index < -0.39 is 23.7 Å². The summed E-state index contributed by atoms with van der Waals surface area (Å²) in [7, 11) is 2.80. The molecular weight excluding hydrogens is 269 g/mol. The van der Waals surface area contributed by atoms with Gasteiger partial charge in [-0.3, -0.25) is 4.79 Å². The summed E-state index contributed by atoms with van der Waals surface area (Å²) in [4.78, 5) is 22.8. The number of methoxy groups -OCH3 is 2. The Morgan fingerprint density at radius 1 is 1.40 bits per heavy atom. The zero-order valence-electron chi connectivity index (χ0n) is 11.2. The molecule has 0 aliphatic carbocycles. The zero-order chi connectivity index (χ0) is 15.1. The molecule has 1 unspecified atom stereocenters. The highest BCUT2D eigenvalue weighted by atomic mass is 19.1. The number of ether oxygens (including phenoxy) is 2. The molecule has 1 aromatic carbocycles. The highest BCUT2D eigenvalue weighted by Gasteiger charge is 2.22. The first kappa shape index (κ1) is 15.9. The monoisotopic (exact) mass is 285 g/mol. The summed E-state index contributed by atoms with van der Waals surface area (Å²) in [5, 5.41) is 11.2. The standard InChI is InChI=1S/C13H16FNO5/c1-19-6-5-11(13(17)18)15-12(16)9-4-3-8(20-2)7-10(9)14/h3-4,7,11H,5-6H2,1-2H3,(H,15,16)(H,17,18). The molecule has 0 aliphatic rings. The lowest BCUT2D eigenvalue weighted by atomic mass is 10.1. The van der Waals surface area contributed by atoms with Crippen molar-refractivity contribution >= 4 is 11.9 Å². The summed E-state index contributed by atoms with van der Waals surface area (Å²) in [5.41, 5.74) is -0.241. The minimum atomic E-state index is -1.20. The van der Waals surface area contributed by atoms with E-state index in [2.05, 4.69) is 5.32 Å². The molecule has 110 valence electrons. The quantitative estimate of drug-likeness (QED) is 0.782. The van der Waals surface area contributed by atoms with E-state index in [-0.39, 0.29) is 24.3 Å². The fourth-order valence-electron chi connectivity index (χ4n) is 1.54. The van der Waals surface area contributed by atoms with Crippen LogP contribution in [0.3, 0.4) is 0 Å². The van der Waals surface area contributed by atoms with Crippen molar-refractivity contribution in [3.63, 3.8) is 0 Å². The first-order chi connectivity index (χ1) is 9.49. The lowest BCUT2D eigenvalue weighted by molar-refractivity contribution is -0.139. The molecule has 2 N–H and O–H groups in total. The molecule has 1 amide bonds. The second-order valence-electron chi connectivity index (χ2n) is 3.99. The Bertz CT molecular complexity index is 492. The van der Waals surface area contributed by atoms with Crippen molar-refractivity contribution in [3.8, 4) is 5.75 Å². The van der Waals surface area contributed by atoms with E-state index in [1.807, 2.05) is 0 Å². The molecular formula is C13H16FNO5. The summed E-state index contributed by atoms with van der Waals surface area (Å²) in [6, 6.07) is 2.57. The summed E-state index contributed by atoms with van der Waals surface area (Å²) in [5.74, 6) is -2.51. The molecule has 1 aromatic rings. The molecule has 0 aliphatic heterocycles. The van der Waals surface area contributed by atoms with Gasteiger partial charge in [0.15, 0.2) is 0 Å². The van der Waals surface area contributed by atoms with Gasteiger partial charge in [0.2, 0.25) is 0 Å². The molecule has 0 saturated carbocycles. The van der Waals surface area contributed by atoms with E-state index in [4.69, 9.17) is 14.6 Å². The number of carboxylic acids is 1. The van der Waals surface area contributed by atoms with Crippen molar-refractivity contribution in [2.75, 3.05) is 20.8 Å². The molecule has 20 heavy (non-hydrogen) atoms. The minimum absolute atomic E-state index is 0.0926. The lowest BCUT2D eigenvalue weighted by Gasteiger charge is -2.14. The van der Waals surface area contributed by atoms with E-state index in [9.17, 15) is 14.0 Å². The number of benzene rings is 1. The Morgan fingerprint density at radius 2 is 2.10 bits per heavy atom. The maximum Gasteiger partial charge on any atom is 0.326 e. The van der Waals surface area contributed by atoms with Crippen LogP contribution in [-0.2, 0) is 9.53 Å². The molecule has 1 atom stereocenters. The van der Waals surface area contributed by atoms with Crippen LogP contribution in [0.5, 0.6) is 5.75 Å². The normalized spacial score (nSPS) is 11.8. The third-order valence-electron chi connectivity index (χ3n) is 2.63. The molecule has 7 heteroatoms. The van der Waals surface area contributed by atoms with Crippen LogP contribution in [0, 0.1) is 5.82 Å². The molecule has 0 radical (unpaired) electrons. The van der Waals surface area contributed by atoms with Crippen molar-refractivity contribution in [1.29, 1.82) is 0 Å². The first-order valence-corrected chi connectivity index (χ1v) is 5.85. The summed E-state index contributed by atoms with van der Waals surface area (Å²) in [6.07, 6.45) is 0.0926.